The van der Waals surface area contributed by atoms with Crippen LogP contribution in [0.25, 0.3) is 0 Å². The number of hydrogen-bond acceptors (Lipinski definition) is 5. The van der Waals surface area contributed by atoms with E-state index in [0.717, 1.165) is 9.88 Å². The predicted octanol–water partition coefficient (Wildman–Crippen LogP) is 2.51. The molecule has 1 rings (SSSR count). The average Bonchev–Trinajstić information content (AvgIpc) is 2.60. The lowest BCUT2D eigenvalue weighted by Gasteiger charge is -2.21. The smallest absolute Gasteiger partial charge is 0.357 e. The van der Waals surface area contributed by atoms with Gasteiger partial charge in [0.15, 0.2) is 5.69 Å². The van der Waals surface area contributed by atoms with Crippen molar-refractivity contribution in [3.05, 3.63) is 15.6 Å². The second kappa shape index (κ2) is 4.93. The van der Waals surface area contributed by atoms with E-state index >= 15 is 0 Å². The van der Waals surface area contributed by atoms with Crippen LogP contribution >= 0.6 is 11.3 Å². The molecule has 0 saturated carbocycles. The Kier molecular flexibility index (Phi) is 4.04. The molecule has 0 spiro atoms. The summed E-state index contributed by atoms with van der Waals surface area (Å²) in [4.78, 5) is 16.6. The summed E-state index contributed by atoms with van der Waals surface area (Å²) in [6.45, 7) is 8.28. The molecule has 0 unspecified atom stereocenters. The van der Waals surface area contributed by atoms with Gasteiger partial charge in [-0.05, 0) is 27.7 Å². The molecule has 1 aromatic heterocycles. The Bertz CT molecular complexity index is 385. The normalized spacial score (nSPS) is 11.6. The Balaban J connectivity index is 3.05. The van der Waals surface area contributed by atoms with Gasteiger partial charge in [0.2, 0.25) is 0 Å². The minimum atomic E-state index is -0.462. The van der Waals surface area contributed by atoms with Crippen molar-refractivity contribution in [3.63, 3.8) is 0 Å². The molecule has 5 heteroatoms. The zero-order chi connectivity index (χ0) is 12.3. The Morgan fingerprint density at radius 2 is 2.12 bits per heavy atom. The van der Waals surface area contributed by atoms with E-state index in [1.54, 1.807) is 0 Å². The van der Waals surface area contributed by atoms with Crippen molar-refractivity contribution >= 4 is 17.3 Å². The van der Waals surface area contributed by atoms with Gasteiger partial charge >= 0.3 is 5.97 Å². The van der Waals surface area contributed by atoms with E-state index in [1.165, 1.54) is 18.4 Å². The summed E-state index contributed by atoms with van der Waals surface area (Å²) in [6, 6.07) is 0. The number of carbonyl (C=O) groups excluding carboxylic acids is 1. The zero-order valence-corrected chi connectivity index (χ0v) is 11.1. The maximum Gasteiger partial charge on any atom is 0.357 e. The first-order valence-electron chi connectivity index (χ1n) is 5.12. The molecule has 0 aliphatic carbocycles. The average molecular weight is 243 g/mol. The molecule has 0 saturated heterocycles. The number of esters is 1. The van der Waals surface area contributed by atoms with E-state index in [2.05, 4.69) is 9.72 Å². The molecule has 0 N–H and O–H groups in total. The maximum absolute atomic E-state index is 11.4. The SMILES string of the molecule is CCOC(C)(C)c1nc(C(=O)OC)c(C)s1. The molecule has 1 heterocycles. The van der Waals surface area contributed by atoms with Crippen molar-refractivity contribution in [1.82, 2.24) is 4.98 Å². The number of methoxy groups -OCH3 is 1. The Morgan fingerprint density at radius 3 is 2.62 bits per heavy atom. The third-order valence-corrected chi connectivity index (χ3v) is 3.47. The number of thiazole rings is 1. The lowest BCUT2D eigenvalue weighted by atomic mass is 10.1. The molecule has 0 fully saturated rings. The van der Waals surface area contributed by atoms with E-state index < -0.39 is 11.6 Å². The van der Waals surface area contributed by atoms with Gasteiger partial charge in [0.25, 0.3) is 0 Å². The van der Waals surface area contributed by atoms with Crippen LogP contribution in [0.4, 0.5) is 0 Å². The van der Waals surface area contributed by atoms with Crippen LogP contribution in [0.2, 0.25) is 0 Å². The molecular formula is C11H17NO3S. The van der Waals surface area contributed by atoms with Crippen LogP contribution in [0, 0.1) is 6.92 Å². The fraction of sp³-hybridized carbons (Fsp3) is 0.636. The third-order valence-electron chi connectivity index (χ3n) is 2.20. The van der Waals surface area contributed by atoms with Gasteiger partial charge in [0.05, 0.1) is 7.11 Å². The summed E-state index contributed by atoms with van der Waals surface area (Å²) in [5, 5.41) is 0.798. The van der Waals surface area contributed by atoms with Gasteiger partial charge in [0, 0.05) is 11.5 Å². The van der Waals surface area contributed by atoms with Crippen LogP contribution in [0.5, 0.6) is 0 Å². The fourth-order valence-electron chi connectivity index (χ4n) is 1.36. The van der Waals surface area contributed by atoms with Gasteiger partial charge in [-0.1, -0.05) is 0 Å². The van der Waals surface area contributed by atoms with E-state index in [0.29, 0.717) is 12.3 Å². The van der Waals surface area contributed by atoms with E-state index in [9.17, 15) is 4.79 Å². The second-order valence-electron chi connectivity index (χ2n) is 3.86. The summed E-state index contributed by atoms with van der Waals surface area (Å²) >= 11 is 1.47. The summed E-state index contributed by atoms with van der Waals surface area (Å²) in [7, 11) is 1.36. The molecule has 0 bridgehead atoms. The number of nitrogens with zero attached hydrogens (tertiary/aromatic N) is 1. The summed E-state index contributed by atoms with van der Waals surface area (Å²) in [5.74, 6) is -0.396. The van der Waals surface area contributed by atoms with Crippen molar-refractivity contribution in [2.24, 2.45) is 0 Å². The molecule has 16 heavy (non-hydrogen) atoms. The first-order valence-corrected chi connectivity index (χ1v) is 5.94. The first kappa shape index (κ1) is 13.1. The Hall–Kier alpha value is -0.940. The highest BCUT2D eigenvalue weighted by Crippen LogP contribution is 2.30. The molecular weight excluding hydrogens is 226 g/mol. The standard InChI is InChI=1S/C11H17NO3S/c1-6-15-11(3,4)10-12-8(7(2)16-10)9(13)14-5/h6H2,1-5H3. The number of hydrogen-bond donors (Lipinski definition) is 0. The lowest BCUT2D eigenvalue weighted by molar-refractivity contribution is -0.0142. The Morgan fingerprint density at radius 1 is 1.50 bits per heavy atom. The molecule has 1 aromatic rings. The predicted molar refractivity (Wildman–Crippen MR) is 62.8 cm³/mol. The van der Waals surface area contributed by atoms with Gasteiger partial charge in [-0.15, -0.1) is 11.3 Å². The van der Waals surface area contributed by atoms with Crippen LogP contribution in [-0.2, 0) is 15.1 Å². The largest absolute Gasteiger partial charge is 0.464 e. The number of aryl methyl sites for hydroxylation is 1. The monoisotopic (exact) mass is 243 g/mol. The topological polar surface area (TPSA) is 48.4 Å². The minimum Gasteiger partial charge on any atom is -0.464 e. The van der Waals surface area contributed by atoms with Crippen LogP contribution < -0.4 is 0 Å². The summed E-state index contributed by atoms with van der Waals surface area (Å²) in [6.07, 6.45) is 0. The highest BCUT2D eigenvalue weighted by molar-refractivity contribution is 7.12. The number of carbonyl (C=O) groups is 1. The van der Waals surface area contributed by atoms with E-state index in [-0.39, 0.29) is 0 Å². The van der Waals surface area contributed by atoms with Crippen LogP contribution in [0.3, 0.4) is 0 Å². The lowest BCUT2D eigenvalue weighted by Crippen LogP contribution is -2.21. The highest BCUT2D eigenvalue weighted by Gasteiger charge is 2.27. The molecule has 0 atom stereocenters. The summed E-state index contributed by atoms with van der Waals surface area (Å²) in [5.41, 5.74) is -0.0773. The van der Waals surface area contributed by atoms with Crippen molar-refractivity contribution in [2.45, 2.75) is 33.3 Å². The molecule has 0 radical (unpaired) electrons. The van der Waals surface area contributed by atoms with Gasteiger partial charge in [-0.3, -0.25) is 0 Å². The minimum absolute atomic E-state index is 0.385. The molecule has 90 valence electrons. The van der Waals surface area contributed by atoms with Crippen molar-refractivity contribution in [2.75, 3.05) is 13.7 Å². The molecule has 0 aliphatic heterocycles. The van der Waals surface area contributed by atoms with Crippen molar-refractivity contribution in [3.8, 4) is 0 Å². The fourth-order valence-corrected chi connectivity index (χ4v) is 2.32. The molecule has 4 nitrogen and oxygen atoms in total. The van der Waals surface area contributed by atoms with E-state index in [1.807, 2.05) is 27.7 Å². The van der Waals surface area contributed by atoms with Crippen molar-refractivity contribution in [1.29, 1.82) is 0 Å². The zero-order valence-electron chi connectivity index (χ0n) is 10.3. The number of rotatable bonds is 4. The van der Waals surface area contributed by atoms with Gasteiger partial charge in [0.1, 0.15) is 10.6 Å². The second-order valence-corrected chi connectivity index (χ2v) is 5.06. The van der Waals surface area contributed by atoms with Crippen LogP contribution in [-0.4, -0.2) is 24.7 Å². The summed E-state index contributed by atoms with van der Waals surface area (Å²) < 4.78 is 10.3. The van der Waals surface area contributed by atoms with Gasteiger partial charge in [-0.2, -0.15) is 0 Å². The van der Waals surface area contributed by atoms with Crippen molar-refractivity contribution < 1.29 is 14.3 Å². The third kappa shape index (κ3) is 2.59. The molecule has 0 aromatic carbocycles. The Labute approximate surface area is 99.6 Å². The first-order chi connectivity index (χ1) is 7.42. The van der Waals surface area contributed by atoms with Crippen LogP contribution in [0.1, 0.15) is 41.1 Å². The van der Waals surface area contributed by atoms with E-state index in [4.69, 9.17) is 4.74 Å². The molecule has 0 aliphatic rings. The van der Waals surface area contributed by atoms with Crippen LogP contribution in [0.15, 0.2) is 0 Å². The number of ether oxygens (including phenoxy) is 2. The molecule has 0 amide bonds. The van der Waals surface area contributed by atoms with Gasteiger partial charge in [-0.25, -0.2) is 9.78 Å². The maximum atomic E-state index is 11.4. The van der Waals surface area contributed by atoms with Gasteiger partial charge < -0.3 is 9.47 Å². The highest BCUT2D eigenvalue weighted by atomic mass is 32.1. The number of aromatic nitrogens is 1. The quantitative estimate of drug-likeness (QED) is 0.762.